The van der Waals surface area contributed by atoms with Crippen molar-refractivity contribution in [1.82, 2.24) is 4.90 Å². The molecule has 0 saturated carbocycles. The number of rotatable bonds is 6. The lowest BCUT2D eigenvalue weighted by molar-refractivity contribution is -0.384. The summed E-state index contributed by atoms with van der Waals surface area (Å²) in [5.74, 6) is -1.74. The summed E-state index contributed by atoms with van der Waals surface area (Å²) in [6.07, 6.45) is 0.516. The first kappa shape index (κ1) is 22.0. The first-order valence-electron chi connectivity index (χ1n) is 10.5. The highest BCUT2D eigenvalue weighted by Crippen LogP contribution is 2.39. The lowest BCUT2D eigenvalue weighted by Crippen LogP contribution is -2.31. The van der Waals surface area contributed by atoms with E-state index in [9.17, 15) is 24.8 Å². The second-order valence-electron chi connectivity index (χ2n) is 7.94. The molecule has 1 amide bonds. The van der Waals surface area contributed by atoms with E-state index < -0.39 is 22.7 Å². The number of nitro groups is 1. The van der Waals surface area contributed by atoms with Crippen LogP contribution in [0.15, 0.2) is 84.4 Å². The molecule has 3 aromatic rings. The van der Waals surface area contributed by atoms with Gasteiger partial charge in [-0.3, -0.25) is 19.7 Å². The molecule has 0 bridgehead atoms. The zero-order valence-electron chi connectivity index (χ0n) is 18.0. The van der Waals surface area contributed by atoms with Crippen LogP contribution in [-0.2, 0) is 16.0 Å². The predicted octanol–water partition coefficient (Wildman–Crippen LogP) is 4.57. The summed E-state index contributed by atoms with van der Waals surface area (Å²) in [6, 6.07) is 21.4. The Morgan fingerprint density at radius 2 is 1.61 bits per heavy atom. The van der Waals surface area contributed by atoms with Gasteiger partial charge < -0.3 is 10.0 Å². The molecular weight excluding hydrogens is 420 g/mol. The fourth-order valence-electron chi connectivity index (χ4n) is 4.00. The minimum Gasteiger partial charge on any atom is -0.507 e. The standard InChI is InChI=1S/C26H22N2O5/c1-17-7-9-20(10-8-17)24(29)22-23(19-11-13-21(14-12-19)28(32)33)27(26(31)25(22)30)16-15-18-5-3-2-4-6-18/h2-14,23,29H,15-16H2,1H3/b24-22+/t23-/m1/s1. The van der Waals surface area contributed by atoms with Gasteiger partial charge in [-0.05, 0) is 36.6 Å². The number of carbonyl (C=O) groups is 2. The molecule has 0 unspecified atom stereocenters. The Kier molecular flexibility index (Phi) is 6.04. The number of likely N-dealkylation sites (tertiary alicyclic amines) is 1. The van der Waals surface area contributed by atoms with E-state index >= 15 is 0 Å². The number of aliphatic hydroxyl groups excluding tert-OH is 1. The van der Waals surface area contributed by atoms with Crippen LogP contribution in [0.2, 0.25) is 0 Å². The molecule has 3 aromatic carbocycles. The molecule has 0 radical (unpaired) electrons. The summed E-state index contributed by atoms with van der Waals surface area (Å²) in [7, 11) is 0. The van der Waals surface area contributed by atoms with Crippen molar-refractivity contribution in [2.24, 2.45) is 0 Å². The molecular formula is C26H22N2O5. The summed E-state index contributed by atoms with van der Waals surface area (Å²) in [6.45, 7) is 2.16. The molecule has 1 aliphatic heterocycles. The van der Waals surface area contributed by atoms with Gasteiger partial charge in [0.1, 0.15) is 5.76 Å². The Labute approximate surface area is 190 Å². The summed E-state index contributed by atoms with van der Waals surface area (Å²) in [5.41, 5.74) is 2.81. The number of amides is 1. The Balaban J connectivity index is 1.79. The van der Waals surface area contributed by atoms with Crippen molar-refractivity contribution in [1.29, 1.82) is 0 Å². The zero-order chi connectivity index (χ0) is 23.5. The van der Waals surface area contributed by atoms with Crippen molar-refractivity contribution in [2.45, 2.75) is 19.4 Å². The highest BCUT2D eigenvalue weighted by Gasteiger charge is 2.45. The normalized spacial score (nSPS) is 17.4. The molecule has 0 spiro atoms. The second-order valence-corrected chi connectivity index (χ2v) is 7.94. The van der Waals surface area contributed by atoms with Crippen LogP contribution in [0.5, 0.6) is 0 Å². The number of hydrogen-bond acceptors (Lipinski definition) is 5. The maximum absolute atomic E-state index is 13.1. The van der Waals surface area contributed by atoms with Crippen molar-refractivity contribution in [3.63, 3.8) is 0 Å². The van der Waals surface area contributed by atoms with Gasteiger partial charge in [0.15, 0.2) is 0 Å². The van der Waals surface area contributed by atoms with E-state index in [0.29, 0.717) is 17.5 Å². The van der Waals surface area contributed by atoms with Crippen LogP contribution in [0.4, 0.5) is 5.69 Å². The zero-order valence-corrected chi connectivity index (χ0v) is 18.0. The third kappa shape index (κ3) is 4.39. The monoisotopic (exact) mass is 442 g/mol. The van der Waals surface area contributed by atoms with Gasteiger partial charge in [0.25, 0.3) is 17.4 Å². The number of aryl methyl sites for hydroxylation is 1. The van der Waals surface area contributed by atoms with Gasteiger partial charge in [0, 0.05) is 24.2 Å². The number of nitrogens with zero attached hydrogens (tertiary/aromatic N) is 2. The summed E-state index contributed by atoms with van der Waals surface area (Å²) >= 11 is 0. The molecule has 4 rings (SSSR count). The minimum atomic E-state index is -0.851. The quantitative estimate of drug-likeness (QED) is 0.198. The fraction of sp³-hybridized carbons (Fsp3) is 0.154. The van der Waals surface area contributed by atoms with Gasteiger partial charge in [-0.1, -0.05) is 60.2 Å². The summed E-state index contributed by atoms with van der Waals surface area (Å²) in [4.78, 5) is 38.1. The molecule has 0 aromatic heterocycles. The van der Waals surface area contributed by atoms with Gasteiger partial charge in [-0.25, -0.2) is 0 Å². The third-order valence-electron chi connectivity index (χ3n) is 5.77. The largest absolute Gasteiger partial charge is 0.507 e. The topological polar surface area (TPSA) is 101 Å². The number of aliphatic hydroxyl groups is 1. The Morgan fingerprint density at radius 1 is 0.970 bits per heavy atom. The number of non-ortho nitro benzene ring substituents is 1. The fourth-order valence-corrected chi connectivity index (χ4v) is 4.00. The first-order valence-corrected chi connectivity index (χ1v) is 10.5. The van der Waals surface area contributed by atoms with E-state index in [2.05, 4.69) is 0 Å². The van der Waals surface area contributed by atoms with Crippen LogP contribution in [0, 0.1) is 17.0 Å². The van der Waals surface area contributed by atoms with Crippen molar-refractivity contribution < 1.29 is 19.6 Å². The summed E-state index contributed by atoms with van der Waals surface area (Å²) in [5, 5.41) is 22.1. The molecule has 1 fully saturated rings. The molecule has 7 heteroatoms. The number of Topliss-reactive ketones (excluding diaryl/α,β-unsaturated/α-hetero) is 1. The van der Waals surface area contributed by atoms with Crippen LogP contribution in [0.3, 0.4) is 0 Å². The predicted molar refractivity (Wildman–Crippen MR) is 123 cm³/mol. The molecule has 1 aliphatic rings. The van der Waals surface area contributed by atoms with E-state index in [1.165, 1.54) is 29.2 Å². The van der Waals surface area contributed by atoms with Crippen LogP contribution in [0.25, 0.3) is 5.76 Å². The second kappa shape index (κ2) is 9.08. The van der Waals surface area contributed by atoms with E-state index in [0.717, 1.165) is 11.1 Å². The molecule has 1 N–H and O–H groups in total. The van der Waals surface area contributed by atoms with Gasteiger partial charge >= 0.3 is 0 Å². The smallest absolute Gasteiger partial charge is 0.295 e. The average Bonchev–Trinajstić information content (AvgIpc) is 3.08. The molecule has 1 atom stereocenters. The Morgan fingerprint density at radius 3 is 2.21 bits per heavy atom. The lowest BCUT2D eigenvalue weighted by atomic mass is 9.94. The van der Waals surface area contributed by atoms with E-state index in [1.54, 1.807) is 24.3 Å². The number of ketones is 1. The molecule has 166 valence electrons. The van der Waals surface area contributed by atoms with Crippen LogP contribution < -0.4 is 0 Å². The van der Waals surface area contributed by atoms with Crippen molar-refractivity contribution >= 4 is 23.1 Å². The highest BCUT2D eigenvalue weighted by atomic mass is 16.6. The van der Waals surface area contributed by atoms with E-state index in [4.69, 9.17) is 0 Å². The van der Waals surface area contributed by atoms with Crippen molar-refractivity contribution in [3.05, 3.63) is 117 Å². The highest BCUT2D eigenvalue weighted by molar-refractivity contribution is 6.46. The van der Waals surface area contributed by atoms with Crippen molar-refractivity contribution in [3.8, 4) is 0 Å². The molecule has 1 saturated heterocycles. The molecule has 7 nitrogen and oxygen atoms in total. The average molecular weight is 442 g/mol. The summed E-state index contributed by atoms with van der Waals surface area (Å²) < 4.78 is 0. The van der Waals surface area contributed by atoms with Crippen LogP contribution in [-0.4, -0.2) is 33.2 Å². The number of benzene rings is 3. The number of nitro benzene ring substituents is 1. The Bertz CT molecular complexity index is 1230. The van der Waals surface area contributed by atoms with E-state index in [-0.39, 0.29) is 23.6 Å². The third-order valence-corrected chi connectivity index (χ3v) is 5.77. The first-order chi connectivity index (χ1) is 15.9. The number of carbonyl (C=O) groups excluding carboxylic acids is 2. The van der Waals surface area contributed by atoms with Gasteiger partial charge in [0.05, 0.1) is 16.5 Å². The van der Waals surface area contributed by atoms with Gasteiger partial charge in [0.2, 0.25) is 0 Å². The Hall–Kier alpha value is -4.26. The maximum Gasteiger partial charge on any atom is 0.295 e. The molecule has 0 aliphatic carbocycles. The number of hydrogen-bond donors (Lipinski definition) is 1. The van der Waals surface area contributed by atoms with Crippen LogP contribution in [0.1, 0.15) is 28.3 Å². The maximum atomic E-state index is 13.1. The SMILES string of the molecule is Cc1ccc(/C(O)=C2\C(=O)C(=O)N(CCc3ccccc3)[C@@H]2c2ccc([N+](=O)[O-])cc2)cc1. The molecule has 33 heavy (non-hydrogen) atoms. The van der Waals surface area contributed by atoms with Gasteiger partial charge in [-0.2, -0.15) is 0 Å². The van der Waals surface area contributed by atoms with Crippen molar-refractivity contribution in [2.75, 3.05) is 6.54 Å². The minimum absolute atomic E-state index is 0.0224. The van der Waals surface area contributed by atoms with Gasteiger partial charge in [-0.15, -0.1) is 0 Å². The van der Waals surface area contributed by atoms with Crippen LogP contribution >= 0.6 is 0 Å². The lowest BCUT2D eigenvalue weighted by Gasteiger charge is -2.25. The van der Waals surface area contributed by atoms with E-state index in [1.807, 2.05) is 37.3 Å². The molecule has 1 heterocycles.